The normalized spacial score (nSPS) is 15.2. The first-order valence-electron chi connectivity index (χ1n) is 8.32. The number of hydrogen-bond acceptors (Lipinski definition) is 3. The number of anilines is 1. The summed E-state index contributed by atoms with van der Waals surface area (Å²) < 4.78 is 13.6. The van der Waals surface area contributed by atoms with Crippen LogP contribution >= 0.6 is 0 Å². The fraction of sp³-hybridized carbons (Fsp3) is 0.150. The van der Waals surface area contributed by atoms with Gasteiger partial charge in [-0.15, -0.1) is 0 Å². The average molecular weight is 367 g/mol. The van der Waals surface area contributed by atoms with E-state index in [0.29, 0.717) is 0 Å². The highest BCUT2D eigenvalue weighted by atomic mass is 19.1. The summed E-state index contributed by atoms with van der Waals surface area (Å²) in [6, 6.07) is 10.7. The summed E-state index contributed by atoms with van der Waals surface area (Å²) in [6.45, 7) is 1.43. The fourth-order valence-electron chi connectivity index (χ4n) is 3.09. The predicted molar refractivity (Wildman–Crippen MR) is 98.9 cm³/mol. The zero-order valence-electron chi connectivity index (χ0n) is 14.6. The molecule has 3 N–H and O–H groups in total. The Labute approximate surface area is 155 Å². The maximum atomic E-state index is 13.6. The molecule has 6 nitrogen and oxygen atoms in total. The molecule has 0 bridgehead atoms. The topological polar surface area (TPSA) is 92.5 Å². The highest BCUT2D eigenvalue weighted by molar-refractivity contribution is 5.97. The Kier molecular flexibility index (Phi) is 5.03. The van der Waals surface area contributed by atoms with Crippen molar-refractivity contribution in [1.29, 1.82) is 0 Å². The summed E-state index contributed by atoms with van der Waals surface area (Å²) in [6.07, 6.45) is 3.49. The van der Waals surface area contributed by atoms with E-state index >= 15 is 0 Å². The van der Waals surface area contributed by atoms with Crippen LogP contribution in [0.5, 0.6) is 0 Å². The minimum atomic E-state index is -0.919. The summed E-state index contributed by atoms with van der Waals surface area (Å²) in [5, 5.41) is 2.63. The lowest BCUT2D eigenvalue weighted by atomic mass is 9.93. The van der Waals surface area contributed by atoms with Gasteiger partial charge in [0.15, 0.2) is 0 Å². The van der Waals surface area contributed by atoms with Crippen molar-refractivity contribution < 1.29 is 18.8 Å². The van der Waals surface area contributed by atoms with Gasteiger partial charge in [0.25, 0.3) is 5.91 Å². The second kappa shape index (κ2) is 7.41. The number of rotatable bonds is 4. The molecule has 3 amide bonds. The fourth-order valence-corrected chi connectivity index (χ4v) is 3.09. The van der Waals surface area contributed by atoms with Crippen molar-refractivity contribution >= 4 is 29.5 Å². The molecule has 27 heavy (non-hydrogen) atoms. The smallest absolute Gasteiger partial charge is 0.251 e. The molecule has 0 aromatic heterocycles. The van der Waals surface area contributed by atoms with Crippen molar-refractivity contribution in [1.82, 2.24) is 4.90 Å². The largest absolute Gasteiger partial charge is 0.366 e. The zero-order chi connectivity index (χ0) is 19.6. The highest BCUT2D eigenvalue weighted by Crippen LogP contribution is 2.33. The Morgan fingerprint density at radius 1 is 1.19 bits per heavy atom. The Morgan fingerprint density at radius 3 is 2.63 bits per heavy atom. The van der Waals surface area contributed by atoms with Gasteiger partial charge in [0, 0.05) is 18.8 Å². The first kappa shape index (κ1) is 18.3. The Hall–Kier alpha value is -3.48. The predicted octanol–water partition coefficient (Wildman–Crippen LogP) is 2.83. The first-order valence-corrected chi connectivity index (χ1v) is 8.32. The van der Waals surface area contributed by atoms with Gasteiger partial charge in [-0.05, 0) is 35.4 Å². The van der Waals surface area contributed by atoms with E-state index in [0.717, 1.165) is 17.2 Å². The van der Waals surface area contributed by atoms with Gasteiger partial charge in [-0.25, -0.2) is 4.39 Å². The quantitative estimate of drug-likeness (QED) is 0.870. The molecule has 0 aliphatic carbocycles. The van der Waals surface area contributed by atoms with E-state index in [9.17, 15) is 18.8 Å². The van der Waals surface area contributed by atoms with Crippen LogP contribution < -0.4 is 11.1 Å². The van der Waals surface area contributed by atoms with E-state index < -0.39 is 17.8 Å². The van der Waals surface area contributed by atoms with Crippen LogP contribution in [0.25, 0.3) is 6.08 Å². The molecule has 0 fully saturated rings. The third-order valence-corrected chi connectivity index (χ3v) is 4.36. The molecule has 7 heteroatoms. The summed E-state index contributed by atoms with van der Waals surface area (Å²) in [5.41, 5.74) is 6.88. The molecule has 1 aliphatic heterocycles. The van der Waals surface area contributed by atoms with Gasteiger partial charge in [-0.2, -0.15) is 0 Å². The minimum Gasteiger partial charge on any atom is -0.366 e. The van der Waals surface area contributed by atoms with E-state index in [1.807, 2.05) is 30.3 Å². The molecule has 1 heterocycles. The monoisotopic (exact) mass is 367 g/mol. The molecule has 138 valence electrons. The van der Waals surface area contributed by atoms with Gasteiger partial charge in [0.2, 0.25) is 11.8 Å². The van der Waals surface area contributed by atoms with E-state index in [2.05, 4.69) is 5.32 Å². The molecule has 1 atom stereocenters. The van der Waals surface area contributed by atoms with Crippen LogP contribution in [0.2, 0.25) is 0 Å². The van der Waals surface area contributed by atoms with Gasteiger partial charge >= 0.3 is 0 Å². The van der Waals surface area contributed by atoms with Crippen LogP contribution in [-0.4, -0.2) is 22.6 Å². The first-order chi connectivity index (χ1) is 12.9. The van der Waals surface area contributed by atoms with Crippen LogP contribution in [0, 0.1) is 5.82 Å². The number of nitrogens with two attached hydrogens (primary N) is 1. The molecule has 0 radical (unpaired) electrons. The second-order valence-electron chi connectivity index (χ2n) is 6.20. The number of fused-ring (bicyclic) bond motifs is 1. The van der Waals surface area contributed by atoms with Crippen molar-refractivity contribution in [3.63, 3.8) is 0 Å². The van der Waals surface area contributed by atoms with Gasteiger partial charge in [0.1, 0.15) is 5.82 Å². The number of amides is 3. The number of halogens is 1. The lowest BCUT2D eigenvalue weighted by molar-refractivity contribution is -0.129. The van der Waals surface area contributed by atoms with E-state index in [4.69, 9.17) is 5.73 Å². The third kappa shape index (κ3) is 3.87. The highest BCUT2D eigenvalue weighted by Gasteiger charge is 2.28. The molecule has 0 spiro atoms. The average Bonchev–Trinajstić information content (AvgIpc) is 2.63. The molecule has 1 aliphatic rings. The zero-order valence-corrected chi connectivity index (χ0v) is 14.6. The molecule has 1 unspecified atom stereocenters. The molecular formula is C20H18FN3O3. The molecular weight excluding hydrogens is 349 g/mol. The Balaban J connectivity index is 1.82. The number of hydrogen-bond donors (Lipinski definition) is 2. The van der Waals surface area contributed by atoms with E-state index in [1.54, 1.807) is 6.20 Å². The number of nitrogens with zero attached hydrogens (tertiary/aromatic N) is 1. The number of primary amides is 1. The SMILES string of the molecule is CC(=O)N1C=Cc2ccccc2C1CC(=O)Nc1ccc(F)c(C(N)=O)c1. The third-order valence-electron chi connectivity index (χ3n) is 4.36. The van der Waals surface area contributed by atoms with Crippen molar-refractivity contribution in [2.45, 2.75) is 19.4 Å². The van der Waals surface area contributed by atoms with Gasteiger partial charge in [-0.3, -0.25) is 14.4 Å². The van der Waals surface area contributed by atoms with E-state index in [1.165, 1.54) is 24.0 Å². The van der Waals surface area contributed by atoms with Crippen molar-refractivity contribution in [2.24, 2.45) is 5.73 Å². The van der Waals surface area contributed by atoms with Crippen LogP contribution in [0.1, 0.15) is 40.9 Å². The van der Waals surface area contributed by atoms with Crippen LogP contribution in [0.15, 0.2) is 48.7 Å². The van der Waals surface area contributed by atoms with Gasteiger partial charge in [-0.1, -0.05) is 24.3 Å². The van der Waals surface area contributed by atoms with E-state index in [-0.39, 0.29) is 29.5 Å². The maximum absolute atomic E-state index is 13.6. The summed E-state index contributed by atoms with van der Waals surface area (Å²) in [4.78, 5) is 37.3. The Bertz CT molecular complexity index is 955. The Morgan fingerprint density at radius 2 is 1.93 bits per heavy atom. The second-order valence-corrected chi connectivity index (χ2v) is 6.20. The number of nitrogens with one attached hydrogen (secondary N) is 1. The van der Waals surface area contributed by atoms with Crippen LogP contribution in [0.4, 0.5) is 10.1 Å². The van der Waals surface area contributed by atoms with Gasteiger partial charge < -0.3 is 16.0 Å². The lowest BCUT2D eigenvalue weighted by Crippen LogP contribution is -2.33. The van der Waals surface area contributed by atoms with Gasteiger partial charge in [0.05, 0.1) is 18.0 Å². The van der Waals surface area contributed by atoms with Crippen molar-refractivity contribution in [3.05, 3.63) is 71.2 Å². The standard InChI is InChI=1S/C20H18FN3O3/c1-12(25)24-9-8-13-4-2-3-5-15(13)18(24)11-19(26)23-14-6-7-17(21)16(10-14)20(22)27/h2-10,18H,11H2,1H3,(H2,22,27)(H,23,26). The van der Waals surface area contributed by atoms with Crippen LogP contribution in [-0.2, 0) is 9.59 Å². The lowest BCUT2D eigenvalue weighted by Gasteiger charge is -2.32. The molecule has 0 saturated heterocycles. The molecule has 0 saturated carbocycles. The molecule has 2 aromatic rings. The summed E-state index contributed by atoms with van der Waals surface area (Å²) in [5.74, 6) is -2.23. The number of carbonyl (C=O) groups is 3. The van der Waals surface area contributed by atoms with Crippen LogP contribution in [0.3, 0.4) is 0 Å². The molecule has 3 rings (SSSR count). The molecule has 2 aromatic carbocycles. The van der Waals surface area contributed by atoms with Crippen molar-refractivity contribution in [2.75, 3.05) is 5.32 Å². The summed E-state index contributed by atoms with van der Waals surface area (Å²) in [7, 11) is 0. The van der Waals surface area contributed by atoms with Crippen molar-refractivity contribution in [3.8, 4) is 0 Å². The number of carbonyl (C=O) groups excluding carboxylic acids is 3. The minimum absolute atomic E-state index is 0.00418. The number of benzene rings is 2. The maximum Gasteiger partial charge on any atom is 0.251 e. The summed E-state index contributed by atoms with van der Waals surface area (Å²) >= 11 is 0.